The molecule has 0 aliphatic rings. The number of likely N-dealkylation sites (N-methyl/N-ethyl adjacent to an activating group) is 1. The molecular weight excluding hydrogens is 561 g/mol. The number of nitrogens with zero attached hydrogens (tertiary/aromatic N) is 4. The zero-order valence-corrected chi connectivity index (χ0v) is 25.0. The van der Waals surface area contributed by atoms with Crippen molar-refractivity contribution in [3.05, 3.63) is 53.4 Å². The van der Waals surface area contributed by atoms with Crippen LogP contribution in [0.2, 0.25) is 5.02 Å². The molecule has 1 unspecified atom stereocenters. The number of nitrogens with two attached hydrogens (primary N) is 1. The highest BCUT2D eigenvalue weighted by atomic mass is 35.5. The molecular formula is C29H39ClFN9O2. The predicted octanol–water partition coefficient (Wildman–Crippen LogP) is 4.26. The van der Waals surface area contributed by atoms with Crippen LogP contribution in [-0.4, -0.2) is 71.7 Å². The molecule has 11 nitrogen and oxygen atoms in total. The maximum atomic E-state index is 14.6. The van der Waals surface area contributed by atoms with Gasteiger partial charge in [-0.1, -0.05) is 25.4 Å². The van der Waals surface area contributed by atoms with Crippen LogP contribution in [0.3, 0.4) is 0 Å². The summed E-state index contributed by atoms with van der Waals surface area (Å²) in [6.45, 7) is 7.56. The highest BCUT2D eigenvalue weighted by Crippen LogP contribution is 2.31. The van der Waals surface area contributed by atoms with Crippen LogP contribution in [-0.2, 0) is 9.59 Å². The van der Waals surface area contributed by atoms with Gasteiger partial charge in [-0.25, -0.2) is 9.37 Å². The predicted molar refractivity (Wildman–Crippen MR) is 165 cm³/mol. The van der Waals surface area contributed by atoms with Crippen LogP contribution in [0.25, 0.3) is 11.3 Å². The lowest BCUT2D eigenvalue weighted by Crippen LogP contribution is -2.34. The van der Waals surface area contributed by atoms with Crippen molar-refractivity contribution in [3.63, 3.8) is 0 Å². The second kappa shape index (κ2) is 16.5. The molecule has 3 aromatic rings. The monoisotopic (exact) mass is 599 g/mol. The van der Waals surface area contributed by atoms with E-state index in [4.69, 9.17) is 17.3 Å². The van der Waals surface area contributed by atoms with Crippen molar-refractivity contribution in [1.82, 2.24) is 25.4 Å². The van der Waals surface area contributed by atoms with Gasteiger partial charge >= 0.3 is 0 Å². The number of pyridine rings is 1. The fourth-order valence-corrected chi connectivity index (χ4v) is 4.28. The van der Waals surface area contributed by atoms with E-state index < -0.39 is 11.7 Å². The first kappa shape index (κ1) is 32.6. The third-order valence-electron chi connectivity index (χ3n) is 6.53. The second-order valence-electron chi connectivity index (χ2n) is 9.93. The van der Waals surface area contributed by atoms with E-state index in [9.17, 15) is 14.0 Å². The van der Waals surface area contributed by atoms with Crippen molar-refractivity contribution >= 4 is 46.4 Å². The van der Waals surface area contributed by atoms with E-state index in [0.717, 1.165) is 26.1 Å². The molecule has 0 bridgehead atoms. The number of hydrogen-bond acceptors (Lipinski definition) is 9. The molecule has 2 amide bonds. The Kier molecular flexibility index (Phi) is 12.9. The molecule has 0 radical (unpaired) electrons. The van der Waals surface area contributed by atoms with Crippen LogP contribution in [0, 0.1) is 11.7 Å². The lowest BCUT2D eigenvalue weighted by Gasteiger charge is -2.21. The third kappa shape index (κ3) is 10.2. The number of amides is 2. The Bertz CT molecular complexity index is 1340. The van der Waals surface area contributed by atoms with Crippen molar-refractivity contribution in [2.24, 2.45) is 11.7 Å². The fraction of sp³-hybridized carbons (Fsp3) is 0.414. The standard InChI is InChI=1S/C29H39ClFN9O2/c1-4-13-40(15-12-33-3)14-9-27(41)37-26-17-21(8-11-34-26)36-25-18-24(22-16-20(30)5-6-23(22)31)38-39-29(25)35-10-7-19(2)28(32)42/h5-6,8,11,16-19,33H,4,7,9-10,12-15H2,1-3H3,(H2,32,42)(H,35,39)(H2,34,36,37,38,41). The van der Waals surface area contributed by atoms with Gasteiger partial charge in [-0.3, -0.25) is 9.59 Å². The van der Waals surface area contributed by atoms with Crippen LogP contribution in [0.15, 0.2) is 42.6 Å². The number of halogens is 2. The van der Waals surface area contributed by atoms with E-state index in [1.807, 2.05) is 7.05 Å². The third-order valence-corrected chi connectivity index (χ3v) is 6.77. The zero-order chi connectivity index (χ0) is 30.5. The van der Waals surface area contributed by atoms with Gasteiger partial charge in [0.05, 0.1) is 11.4 Å². The molecule has 6 N–H and O–H groups in total. The Balaban J connectivity index is 1.77. The number of rotatable bonds is 17. The summed E-state index contributed by atoms with van der Waals surface area (Å²) in [7, 11) is 1.91. The summed E-state index contributed by atoms with van der Waals surface area (Å²) in [5.41, 5.74) is 6.95. The summed E-state index contributed by atoms with van der Waals surface area (Å²) in [5.74, 6) is -0.581. The van der Waals surface area contributed by atoms with Gasteiger partial charge in [-0.15, -0.1) is 10.2 Å². The second-order valence-corrected chi connectivity index (χ2v) is 10.4. The van der Waals surface area contributed by atoms with E-state index in [1.165, 1.54) is 18.2 Å². The quantitative estimate of drug-likeness (QED) is 0.153. The van der Waals surface area contributed by atoms with Gasteiger partial charge in [0.1, 0.15) is 11.6 Å². The van der Waals surface area contributed by atoms with Gasteiger partial charge in [-0.05, 0) is 56.8 Å². The van der Waals surface area contributed by atoms with E-state index in [2.05, 4.69) is 48.3 Å². The van der Waals surface area contributed by atoms with E-state index in [-0.39, 0.29) is 23.1 Å². The number of primary amides is 1. The summed E-state index contributed by atoms with van der Waals surface area (Å²) in [4.78, 5) is 30.6. The lowest BCUT2D eigenvalue weighted by atomic mass is 10.1. The van der Waals surface area contributed by atoms with Gasteiger partial charge in [0.15, 0.2) is 5.82 Å². The first-order valence-corrected chi connectivity index (χ1v) is 14.3. The molecule has 1 atom stereocenters. The lowest BCUT2D eigenvalue weighted by molar-refractivity contribution is -0.121. The Morgan fingerprint density at radius 1 is 1.10 bits per heavy atom. The number of anilines is 4. The minimum absolute atomic E-state index is 0.138. The van der Waals surface area contributed by atoms with Crippen molar-refractivity contribution in [1.29, 1.82) is 0 Å². The highest BCUT2D eigenvalue weighted by Gasteiger charge is 2.15. The molecule has 226 valence electrons. The SMILES string of the molecule is CCCN(CCNC)CCC(=O)Nc1cc(Nc2cc(-c3cc(Cl)ccc3F)nnc2NCCC(C)C(N)=O)ccn1. The molecule has 2 heterocycles. The summed E-state index contributed by atoms with van der Waals surface area (Å²) < 4.78 is 14.6. The topological polar surface area (TPSA) is 150 Å². The molecule has 0 aliphatic carbocycles. The van der Waals surface area contributed by atoms with Gasteiger partial charge < -0.3 is 31.9 Å². The number of benzene rings is 1. The molecule has 0 aliphatic heterocycles. The number of aromatic nitrogens is 3. The summed E-state index contributed by atoms with van der Waals surface area (Å²) in [5, 5.41) is 21.2. The first-order chi connectivity index (χ1) is 20.2. The maximum Gasteiger partial charge on any atom is 0.226 e. The molecule has 13 heteroatoms. The van der Waals surface area contributed by atoms with Crippen LogP contribution in [0.4, 0.5) is 27.4 Å². The molecule has 1 aromatic carbocycles. The fourth-order valence-electron chi connectivity index (χ4n) is 4.11. The molecule has 0 spiro atoms. The Labute approximate surface area is 250 Å². The summed E-state index contributed by atoms with van der Waals surface area (Å²) >= 11 is 6.10. The Morgan fingerprint density at radius 3 is 2.64 bits per heavy atom. The smallest absolute Gasteiger partial charge is 0.226 e. The highest BCUT2D eigenvalue weighted by molar-refractivity contribution is 6.30. The molecule has 0 saturated carbocycles. The van der Waals surface area contributed by atoms with Gasteiger partial charge in [0.25, 0.3) is 0 Å². The first-order valence-electron chi connectivity index (χ1n) is 14.0. The van der Waals surface area contributed by atoms with Gasteiger partial charge in [-0.2, -0.15) is 0 Å². The number of carbonyl (C=O) groups is 2. The average Bonchev–Trinajstić information content (AvgIpc) is 2.96. The van der Waals surface area contributed by atoms with Crippen molar-refractivity contribution in [3.8, 4) is 11.3 Å². The summed E-state index contributed by atoms with van der Waals surface area (Å²) in [6.07, 6.45) is 3.40. The Hall–Kier alpha value is -3.87. The van der Waals surface area contributed by atoms with Crippen LogP contribution < -0.4 is 27.0 Å². The number of nitrogens with one attached hydrogen (secondary N) is 4. The van der Waals surface area contributed by atoms with E-state index in [0.29, 0.717) is 54.0 Å². The number of carbonyl (C=O) groups excluding carboxylic acids is 2. The molecule has 0 saturated heterocycles. The maximum absolute atomic E-state index is 14.6. The molecule has 2 aromatic heterocycles. The average molecular weight is 600 g/mol. The molecule has 0 fully saturated rings. The minimum Gasteiger partial charge on any atom is -0.369 e. The number of hydrogen-bond donors (Lipinski definition) is 5. The van der Waals surface area contributed by atoms with Crippen LogP contribution in [0.1, 0.15) is 33.1 Å². The van der Waals surface area contributed by atoms with Crippen molar-refractivity contribution in [2.75, 3.05) is 55.7 Å². The van der Waals surface area contributed by atoms with Crippen LogP contribution in [0.5, 0.6) is 0 Å². The normalized spacial score (nSPS) is 11.8. The van der Waals surface area contributed by atoms with Gasteiger partial charge in [0.2, 0.25) is 11.8 Å². The largest absolute Gasteiger partial charge is 0.369 e. The van der Waals surface area contributed by atoms with Crippen molar-refractivity contribution in [2.45, 2.75) is 33.1 Å². The van der Waals surface area contributed by atoms with Crippen LogP contribution >= 0.6 is 11.6 Å². The zero-order valence-electron chi connectivity index (χ0n) is 24.2. The molecule has 42 heavy (non-hydrogen) atoms. The van der Waals surface area contributed by atoms with Crippen molar-refractivity contribution < 1.29 is 14.0 Å². The Morgan fingerprint density at radius 2 is 1.90 bits per heavy atom. The van der Waals surface area contributed by atoms with E-state index in [1.54, 1.807) is 31.3 Å². The summed E-state index contributed by atoms with van der Waals surface area (Å²) in [6, 6.07) is 9.28. The van der Waals surface area contributed by atoms with E-state index >= 15 is 0 Å². The molecule has 3 rings (SSSR count). The van der Waals surface area contributed by atoms with Gasteiger partial charge in [0, 0.05) is 67.1 Å². The minimum atomic E-state index is -0.493.